The van der Waals surface area contributed by atoms with Crippen LogP contribution < -0.4 is 5.73 Å². The number of aromatic nitrogens is 1. The summed E-state index contributed by atoms with van der Waals surface area (Å²) in [7, 11) is 0. The molecule has 1 aliphatic rings. The maximum Gasteiger partial charge on any atom is 0.270 e. The van der Waals surface area contributed by atoms with Crippen molar-refractivity contribution in [1.82, 2.24) is 9.47 Å². The van der Waals surface area contributed by atoms with Crippen molar-refractivity contribution in [3.8, 4) is 0 Å². The quantitative estimate of drug-likeness (QED) is 0.849. The van der Waals surface area contributed by atoms with Gasteiger partial charge in [-0.1, -0.05) is 0 Å². The summed E-state index contributed by atoms with van der Waals surface area (Å²) >= 11 is 0. The largest absolute Gasteiger partial charge is 0.397 e. The molecule has 0 aromatic carbocycles. The van der Waals surface area contributed by atoms with Crippen molar-refractivity contribution in [3.63, 3.8) is 0 Å². The average Bonchev–Trinajstić information content (AvgIpc) is 2.93. The van der Waals surface area contributed by atoms with Gasteiger partial charge >= 0.3 is 0 Å². The number of carbonyl (C=O) groups is 1. The summed E-state index contributed by atoms with van der Waals surface area (Å²) in [5, 5.41) is 9.29. The first kappa shape index (κ1) is 13.0. The number of anilines is 1. The number of nitrogen functional groups attached to an aromatic ring is 1. The Hall–Kier alpha value is -1.49. The van der Waals surface area contributed by atoms with E-state index in [-0.39, 0.29) is 24.6 Å². The molecule has 1 aliphatic heterocycles. The maximum absolute atomic E-state index is 12.5. The molecule has 18 heavy (non-hydrogen) atoms. The molecule has 1 unspecified atom stereocenters. The second-order valence-electron chi connectivity index (χ2n) is 5.14. The Bertz CT molecular complexity index is 439. The van der Waals surface area contributed by atoms with Gasteiger partial charge in [0.25, 0.3) is 5.91 Å². The minimum atomic E-state index is -0.0470. The molecular weight excluding hydrogens is 230 g/mol. The van der Waals surface area contributed by atoms with Gasteiger partial charge in [0, 0.05) is 18.8 Å². The highest BCUT2D eigenvalue weighted by atomic mass is 16.3. The summed E-state index contributed by atoms with van der Waals surface area (Å²) in [6, 6.07) is 1.86. The monoisotopic (exact) mass is 251 g/mol. The van der Waals surface area contributed by atoms with E-state index in [2.05, 4.69) is 0 Å². The van der Waals surface area contributed by atoms with Crippen LogP contribution in [0.25, 0.3) is 0 Å². The SMILES string of the molecule is CC(C)n1cc(N)cc1C(=O)N1CCCC1CO. The Morgan fingerprint density at radius 2 is 2.33 bits per heavy atom. The Morgan fingerprint density at radius 1 is 1.61 bits per heavy atom. The van der Waals surface area contributed by atoms with Crippen LogP contribution in [0.1, 0.15) is 43.2 Å². The highest BCUT2D eigenvalue weighted by Gasteiger charge is 2.30. The lowest BCUT2D eigenvalue weighted by atomic mass is 10.2. The number of nitrogens with two attached hydrogens (primary N) is 1. The molecule has 0 saturated carbocycles. The molecule has 2 heterocycles. The van der Waals surface area contributed by atoms with Crippen molar-refractivity contribution in [2.75, 3.05) is 18.9 Å². The Labute approximate surface area is 107 Å². The van der Waals surface area contributed by atoms with Crippen LogP contribution in [-0.4, -0.2) is 39.7 Å². The van der Waals surface area contributed by atoms with Gasteiger partial charge in [-0.05, 0) is 32.8 Å². The van der Waals surface area contributed by atoms with E-state index in [0.717, 1.165) is 12.8 Å². The molecule has 5 heteroatoms. The first-order chi connectivity index (χ1) is 8.54. The number of hydrogen-bond acceptors (Lipinski definition) is 3. The molecule has 1 aromatic heterocycles. The molecule has 0 bridgehead atoms. The minimum absolute atomic E-state index is 0.0306. The molecule has 0 radical (unpaired) electrons. The number of carbonyl (C=O) groups excluding carboxylic acids is 1. The summed E-state index contributed by atoms with van der Waals surface area (Å²) in [6.45, 7) is 4.78. The fourth-order valence-electron chi connectivity index (χ4n) is 2.54. The van der Waals surface area contributed by atoms with Gasteiger partial charge in [0.05, 0.1) is 18.3 Å². The second-order valence-corrected chi connectivity index (χ2v) is 5.14. The van der Waals surface area contributed by atoms with E-state index in [0.29, 0.717) is 17.9 Å². The molecule has 1 saturated heterocycles. The molecule has 1 fully saturated rings. The van der Waals surface area contributed by atoms with Crippen molar-refractivity contribution in [2.24, 2.45) is 0 Å². The second kappa shape index (κ2) is 5.02. The van der Waals surface area contributed by atoms with Crippen molar-refractivity contribution in [3.05, 3.63) is 18.0 Å². The highest BCUT2D eigenvalue weighted by Crippen LogP contribution is 2.23. The topological polar surface area (TPSA) is 71.5 Å². The molecule has 5 nitrogen and oxygen atoms in total. The fraction of sp³-hybridized carbons (Fsp3) is 0.615. The molecule has 0 aliphatic carbocycles. The first-order valence-electron chi connectivity index (χ1n) is 6.43. The normalized spacial score (nSPS) is 19.8. The van der Waals surface area contributed by atoms with Crippen molar-refractivity contribution < 1.29 is 9.90 Å². The summed E-state index contributed by atoms with van der Waals surface area (Å²) in [5.41, 5.74) is 7.00. The third-order valence-electron chi connectivity index (χ3n) is 3.49. The summed E-state index contributed by atoms with van der Waals surface area (Å²) < 4.78 is 1.89. The van der Waals surface area contributed by atoms with Crippen LogP contribution in [0.4, 0.5) is 5.69 Å². The van der Waals surface area contributed by atoms with Gasteiger partial charge in [-0.2, -0.15) is 0 Å². The van der Waals surface area contributed by atoms with Crippen molar-refractivity contribution in [2.45, 2.75) is 38.8 Å². The van der Waals surface area contributed by atoms with Crippen LogP contribution in [0.3, 0.4) is 0 Å². The van der Waals surface area contributed by atoms with Crippen LogP contribution in [0, 0.1) is 0 Å². The van der Waals surface area contributed by atoms with Crippen molar-refractivity contribution >= 4 is 11.6 Å². The van der Waals surface area contributed by atoms with Gasteiger partial charge in [-0.25, -0.2) is 0 Å². The maximum atomic E-state index is 12.5. The van der Waals surface area contributed by atoms with Gasteiger partial charge in [0.15, 0.2) is 0 Å². The van der Waals surface area contributed by atoms with E-state index in [1.165, 1.54) is 0 Å². The zero-order valence-corrected chi connectivity index (χ0v) is 11.0. The highest BCUT2D eigenvalue weighted by molar-refractivity contribution is 5.94. The van der Waals surface area contributed by atoms with E-state index in [9.17, 15) is 9.90 Å². The Kier molecular flexibility index (Phi) is 3.61. The van der Waals surface area contributed by atoms with Crippen LogP contribution in [0.2, 0.25) is 0 Å². The molecule has 1 amide bonds. The number of hydrogen-bond donors (Lipinski definition) is 2. The van der Waals surface area contributed by atoms with Gasteiger partial charge in [0.2, 0.25) is 0 Å². The zero-order chi connectivity index (χ0) is 13.3. The predicted octanol–water partition coefficient (Wildman–Crippen LogP) is 1.25. The van der Waals surface area contributed by atoms with E-state index in [1.54, 1.807) is 17.2 Å². The molecular formula is C13H21N3O2. The summed E-state index contributed by atoms with van der Waals surface area (Å²) in [6.07, 6.45) is 3.62. The lowest BCUT2D eigenvalue weighted by molar-refractivity contribution is 0.0665. The smallest absolute Gasteiger partial charge is 0.270 e. The average molecular weight is 251 g/mol. The predicted molar refractivity (Wildman–Crippen MR) is 70.4 cm³/mol. The van der Waals surface area contributed by atoms with Crippen LogP contribution >= 0.6 is 0 Å². The van der Waals surface area contributed by atoms with E-state index < -0.39 is 0 Å². The minimum Gasteiger partial charge on any atom is -0.397 e. The molecule has 2 rings (SSSR count). The van der Waals surface area contributed by atoms with Crippen LogP contribution in [0.5, 0.6) is 0 Å². The Balaban J connectivity index is 2.28. The fourth-order valence-corrected chi connectivity index (χ4v) is 2.54. The number of aliphatic hydroxyl groups is 1. The molecule has 1 aromatic rings. The van der Waals surface area contributed by atoms with Gasteiger partial charge in [-0.3, -0.25) is 4.79 Å². The van der Waals surface area contributed by atoms with E-state index in [1.807, 2.05) is 18.4 Å². The van der Waals surface area contributed by atoms with Crippen LogP contribution in [-0.2, 0) is 0 Å². The molecule has 0 spiro atoms. The van der Waals surface area contributed by atoms with Crippen molar-refractivity contribution in [1.29, 1.82) is 0 Å². The lowest BCUT2D eigenvalue weighted by Gasteiger charge is -2.24. The third kappa shape index (κ3) is 2.22. The summed E-state index contributed by atoms with van der Waals surface area (Å²) in [5.74, 6) is -0.0306. The first-order valence-corrected chi connectivity index (χ1v) is 6.43. The number of amides is 1. The van der Waals surface area contributed by atoms with Crippen LogP contribution in [0.15, 0.2) is 12.3 Å². The number of aliphatic hydroxyl groups excluding tert-OH is 1. The van der Waals surface area contributed by atoms with Gasteiger partial charge in [-0.15, -0.1) is 0 Å². The zero-order valence-electron chi connectivity index (χ0n) is 11.0. The number of rotatable bonds is 3. The molecule has 100 valence electrons. The molecule has 1 atom stereocenters. The van der Waals surface area contributed by atoms with E-state index in [4.69, 9.17) is 5.73 Å². The third-order valence-corrected chi connectivity index (χ3v) is 3.49. The summed E-state index contributed by atoms with van der Waals surface area (Å²) in [4.78, 5) is 14.3. The van der Waals surface area contributed by atoms with E-state index >= 15 is 0 Å². The number of nitrogens with zero attached hydrogens (tertiary/aromatic N) is 2. The standard InChI is InChI=1S/C13H21N3O2/c1-9(2)16-7-10(14)6-12(16)13(18)15-5-3-4-11(15)8-17/h6-7,9,11,17H,3-5,8,14H2,1-2H3. The van der Waals surface area contributed by atoms with Gasteiger partial charge in [0.1, 0.15) is 5.69 Å². The Morgan fingerprint density at radius 3 is 2.94 bits per heavy atom. The molecule has 3 N–H and O–H groups in total. The van der Waals surface area contributed by atoms with Gasteiger partial charge < -0.3 is 20.3 Å². The lowest BCUT2D eigenvalue weighted by Crippen LogP contribution is -2.38. The number of likely N-dealkylation sites (tertiary alicyclic amines) is 1.